The van der Waals surface area contributed by atoms with E-state index in [4.69, 9.17) is 22.1 Å². The fourth-order valence-corrected chi connectivity index (χ4v) is 2.37. The molecule has 0 fully saturated rings. The average Bonchev–Trinajstić information content (AvgIpc) is 2.66. The Morgan fingerprint density at radius 1 is 1.41 bits per heavy atom. The van der Waals surface area contributed by atoms with Crippen LogP contribution in [0.2, 0.25) is 5.02 Å². The molecule has 0 amide bonds. The van der Waals surface area contributed by atoms with Crippen molar-refractivity contribution in [2.24, 2.45) is 5.73 Å². The van der Waals surface area contributed by atoms with Crippen molar-refractivity contribution in [3.8, 4) is 5.75 Å². The highest BCUT2D eigenvalue weighted by Gasteiger charge is 2.11. The zero-order valence-electron chi connectivity index (χ0n) is 10.2. The number of hydrogen-bond acceptors (Lipinski definition) is 2. The van der Waals surface area contributed by atoms with E-state index in [0.717, 1.165) is 18.5 Å². The minimum Gasteiger partial charge on any atom is -0.495 e. The van der Waals surface area contributed by atoms with Crippen LogP contribution in [0.4, 0.5) is 0 Å². The SMILES string of the molecule is CCn1cc(CCN)c2cc(OC)c(Cl)cc21. The Kier molecular flexibility index (Phi) is 3.60. The molecule has 0 saturated carbocycles. The summed E-state index contributed by atoms with van der Waals surface area (Å²) < 4.78 is 7.44. The lowest BCUT2D eigenvalue weighted by Gasteiger charge is -2.05. The Hall–Kier alpha value is -1.19. The van der Waals surface area contributed by atoms with Gasteiger partial charge >= 0.3 is 0 Å². The maximum absolute atomic E-state index is 6.16. The molecule has 2 N–H and O–H groups in total. The van der Waals surface area contributed by atoms with Crippen LogP contribution in [0.3, 0.4) is 0 Å². The van der Waals surface area contributed by atoms with E-state index in [1.807, 2.05) is 12.1 Å². The van der Waals surface area contributed by atoms with Crippen molar-refractivity contribution in [3.63, 3.8) is 0 Å². The van der Waals surface area contributed by atoms with Crippen LogP contribution in [0.1, 0.15) is 12.5 Å². The maximum Gasteiger partial charge on any atom is 0.138 e. The average molecular weight is 253 g/mol. The second kappa shape index (κ2) is 4.98. The van der Waals surface area contributed by atoms with E-state index < -0.39 is 0 Å². The van der Waals surface area contributed by atoms with Crippen molar-refractivity contribution in [2.75, 3.05) is 13.7 Å². The number of nitrogens with two attached hydrogens (primary N) is 1. The first kappa shape index (κ1) is 12.3. The number of fused-ring (bicyclic) bond motifs is 1. The van der Waals surface area contributed by atoms with Crippen molar-refractivity contribution in [1.29, 1.82) is 0 Å². The Morgan fingerprint density at radius 3 is 2.76 bits per heavy atom. The van der Waals surface area contributed by atoms with E-state index in [1.165, 1.54) is 10.9 Å². The van der Waals surface area contributed by atoms with E-state index in [0.29, 0.717) is 17.3 Å². The van der Waals surface area contributed by atoms with Gasteiger partial charge in [0.15, 0.2) is 0 Å². The van der Waals surface area contributed by atoms with Gasteiger partial charge in [-0.15, -0.1) is 0 Å². The van der Waals surface area contributed by atoms with Crippen LogP contribution in [-0.4, -0.2) is 18.2 Å². The molecule has 17 heavy (non-hydrogen) atoms. The third-order valence-corrected chi connectivity index (χ3v) is 3.29. The molecule has 0 bridgehead atoms. The lowest BCUT2D eigenvalue weighted by atomic mass is 10.1. The van der Waals surface area contributed by atoms with Crippen LogP contribution in [0.15, 0.2) is 18.3 Å². The van der Waals surface area contributed by atoms with E-state index >= 15 is 0 Å². The first-order valence-electron chi connectivity index (χ1n) is 5.76. The van der Waals surface area contributed by atoms with Gasteiger partial charge in [-0.3, -0.25) is 0 Å². The third kappa shape index (κ3) is 2.13. The lowest BCUT2D eigenvalue weighted by Crippen LogP contribution is -2.02. The highest BCUT2D eigenvalue weighted by Crippen LogP contribution is 2.32. The smallest absolute Gasteiger partial charge is 0.138 e. The molecule has 0 spiro atoms. The topological polar surface area (TPSA) is 40.2 Å². The predicted molar refractivity (Wildman–Crippen MR) is 71.9 cm³/mol. The highest BCUT2D eigenvalue weighted by molar-refractivity contribution is 6.32. The number of aromatic nitrogens is 1. The summed E-state index contributed by atoms with van der Waals surface area (Å²) in [5, 5.41) is 1.82. The van der Waals surface area contributed by atoms with Crippen LogP contribution in [0.25, 0.3) is 10.9 Å². The number of hydrogen-bond donors (Lipinski definition) is 1. The van der Waals surface area contributed by atoms with Gasteiger partial charge in [-0.1, -0.05) is 11.6 Å². The molecular formula is C13H17ClN2O. The first-order valence-corrected chi connectivity index (χ1v) is 6.14. The summed E-state index contributed by atoms with van der Waals surface area (Å²) in [5.41, 5.74) is 8.03. The summed E-state index contributed by atoms with van der Waals surface area (Å²) in [5.74, 6) is 0.714. The fraction of sp³-hybridized carbons (Fsp3) is 0.385. The second-order valence-corrected chi connectivity index (χ2v) is 4.39. The molecule has 2 rings (SSSR count). The van der Waals surface area contributed by atoms with Gasteiger partial charge in [0.25, 0.3) is 0 Å². The number of aryl methyl sites for hydroxylation is 1. The molecule has 0 aliphatic carbocycles. The summed E-state index contributed by atoms with van der Waals surface area (Å²) >= 11 is 6.16. The molecule has 1 aromatic carbocycles. The Labute approximate surface area is 106 Å². The van der Waals surface area contributed by atoms with Gasteiger partial charge in [-0.2, -0.15) is 0 Å². The largest absolute Gasteiger partial charge is 0.495 e. The van der Waals surface area contributed by atoms with Crippen molar-refractivity contribution >= 4 is 22.5 Å². The second-order valence-electron chi connectivity index (χ2n) is 3.98. The fourth-order valence-electron chi connectivity index (χ4n) is 2.14. The van der Waals surface area contributed by atoms with Crippen molar-refractivity contribution in [1.82, 2.24) is 4.57 Å². The first-order chi connectivity index (χ1) is 8.21. The van der Waals surface area contributed by atoms with Crippen LogP contribution in [0, 0.1) is 0 Å². The Balaban J connectivity index is 2.67. The number of ether oxygens (including phenoxy) is 1. The van der Waals surface area contributed by atoms with E-state index in [2.05, 4.69) is 17.7 Å². The van der Waals surface area contributed by atoms with E-state index in [9.17, 15) is 0 Å². The molecule has 0 saturated heterocycles. The van der Waals surface area contributed by atoms with Gasteiger partial charge in [0.05, 0.1) is 17.6 Å². The number of methoxy groups -OCH3 is 1. The van der Waals surface area contributed by atoms with Gasteiger partial charge in [0.1, 0.15) is 5.75 Å². The number of rotatable bonds is 4. The Morgan fingerprint density at radius 2 is 2.18 bits per heavy atom. The van der Waals surface area contributed by atoms with Gasteiger partial charge in [-0.25, -0.2) is 0 Å². The number of benzene rings is 1. The molecule has 0 aliphatic rings. The van der Waals surface area contributed by atoms with E-state index in [-0.39, 0.29) is 0 Å². The quantitative estimate of drug-likeness (QED) is 0.909. The van der Waals surface area contributed by atoms with Crippen molar-refractivity contribution < 1.29 is 4.74 Å². The minimum absolute atomic E-state index is 0.645. The monoisotopic (exact) mass is 252 g/mol. The third-order valence-electron chi connectivity index (χ3n) is 2.99. The molecular weight excluding hydrogens is 236 g/mol. The summed E-state index contributed by atoms with van der Waals surface area (Å²) in [4.78, 5) is 0. The summed E-state index contributed by atoms with van der Waals surface area (Å²) in [6, 6.07) is 3.95. The van der Waals surface area contributed by atoms with Gasteiger partial charge in [0, 0.05) is 18.1 Å². The molecule has 1 aromatic heterocycles. The Bertz CT molecular complexity index is 534. The number of nitrogens with zero attached hydrogens (tertiary/aromatic N) is 1. The molecule has 4 heteroatoms. The maximum atomic E-state index is 6.16. The highest BCUT2D eigenvalue weighted by atomic mass is 35.5. The summed E-state index contributed by atoms with van der Waals surface area (Å²) in [6.45, 7) is 3.68. The normalized spacial score (nSPS) is 11.1. The molecule has 3 nitrogen and oxygen atoms in total. The minimum atomic E-state index is 0.645. The lowest BCUT2D eigenvalue weighted by molar-refractivity contribution is 0.415. The molecule has 92 valence electrons. The summed E-state index contributed by atoms with van der Waals surface area (Å²) in [7, 11) is 1.63. The van der Waals surface area contributed by atoms with Gasteiger partial charge in [0.2, 0.25) is 0 Å². The van der Waals surface area contributed by atoms with Gasteiger partial charge in [-0.05, 0) is 37.6 Å². The van der Waals surface area contributed by atoms with Crippen molar-refractivity contribution in [3.05, 3.63) is 28.9 Å². The van der Waals surface area contributed by atoms with Crippen molar-refractivity contribution in [2.45, 2.75) is 19.9 Å². The molecule has 0 atom stereocenters. The van der Waals surface area contributed by atoms with Crippen LogP contribution >= 0.6 is 11.6 Å². The van der Waals surface area contributed by atoms with Gasteiger partial charge < -0.3 is 15.0 Å². The zero-order chi connectivity index (χ0) is 12.4. The predicted octanol–water partition coefficient (Wildman–Crippen LogP) is 2.82. The van der Waals surface area contributed by atoms with Crippen LogP contribution in [-0.2, 0) is 13.0 Å². The van der Waals surface area contributed by atoms with E-state index in [1.54, 1.807) is 7.11 Å². The number of halogens is 1. The molecule has 2 aromatic rings. The molecule has 0 radical (unpaired) electrons. The molecule has 0 unspecified atom stereocenters. The molecule has 1 heterocycles. The van der Waals surface area contributed by atoms with Crippen LogP contribution < -0.4 is 10.5 Å². The standard InChI is InChI=1S/C13H17ClN2O/c1-3-16-8-9(4-5-15)10-6-13(17-2)11(14)7-12(10)16/h6-8H,3-5,15H2,1-2H3. The van der Waals surface area contributed by atoms with Crippen LogP contribution in [0.5, 0.6) is 5.75 Å². The molecule has 0 aliphatic heterocycles. The summed E-state index contributed by atoms with van der Waals surface area (Å²) in [6.07, 6.45) is 3.02. The zero-order valence-corrected chi connectivity index (χ0v) is 10.9.